The first-order valence-corrected chi connectivity index (χ1v) is 8.21. The fourth-order valence-electron chi connectivity index (χ4n) is 2.21. The summed E-state index contributed by atoms with van der Waals surface area (Å²) in [6.07, 6.45) is 1.85. The average Bonchev–Trinajstić information content (AvgIpc) is 3.05. The molecule has 1 amide bonds. The molecule has 0 spiro atoms. The van der Waals surface area contributed by atoms with Crippen LogP contribution in [0.25, 0.3) is 10.9 Å². The number of carbonyl (C=O) groups is 1. The highest BCUT2D eigenvalue weighted by Gasteiger charge is 2.05. The highest BCUT2D eigenvalue weighted by Crippen LogP contribution is 2.17. The molecular weight excluding hydrogens is 368 g/mol. The number of hydrogen-bond acceptors (Lipinski definition) is 2. The molecule has 1 aromatic heterocycles. The van der Waals surface area contributed by atoms with E-state index in [-0.39, 0.29) is 19.1 Å². The minimum absolute atomic E-state index is 0.145. The maximum Gasteiger partial charge on any atom is 0.252 e. The molecule has 0 fully saturated rings. The summed E-state index contributed by atoms with van der Waals surface area (Å²) in [6, 6.07) is 15.1. The summed E-state index contributed by atoms with van der Waals surface area (Å²) in [5.41, 5.74) is 1.55. The molecule has 0 aliphatic heterocycles. The summed E-state index contributed by atoms with van der Waals surface area (Å²) in [5.74, 6) is 6.36. The van der Waals surface area contributed by atoms with Crippen molar-refractivity contribution in [3.8, 4) is 17.6 Å². The highest BCUT2D eigenvalue weighted by atomic mass is 79.9. The summed E-state index contributed by atoms with van der Waals surface area (Å²) in [4.78, 5) is 15.2. The van der Waals surface area contributed by atoms with Crippen LogP contribution in [0.4, 0.5) is 0 Å². The second-order valence-electron chi connectivity index (χ2n) is 5.06. The molecule has 2 aromatic carbocycles. The minimum atomic E-state index is -0.145. The van der Waals surface area contributed by atoms with Crippen LogP contribution in [0.1, 0.15) is 10.4 Å². The SMILES string of the molecule is O=C(NCC#CCOc1cccc(Br)c1)c1ccc2cc[nH]c2c1. The van der Waals surface area contributed by atoms with E-state index in [4.69, 9.17) is 4.74 Å². The van der Waals surface area contributed by atoms with Gasteiger partial charge in [-0.05, 0) is 41.8 Å². The third kappa shape index (κ3) is 4.18. The van der Waals surface area contributed by atoms with Crippen LogP contribution in [0.2, 0.25) is 0 Å². The molecule has 120 valence electrons. The lowest BCUT2D eigenvalue weighted by molar-refractivity contribution is 0.0959. The van der Waals surface area contributed by atoms with Crippen molar-refractivity contribution in [2.45, 2.75) is 0 Å². The molecule has 5 heteroatoms. The van der Waals surface area contributed by atoms with Crippen molar-refractivity contribution in [2.75, 3.05) is 13.2 Å². The van der Waals surface area contributed by atoms with Crippen molar-refractivity contribution in [3.63, 3.8) is 0 Å². The molecule has 0 saturated carbocycles. The summed E-state index contributed by atoms with van der Waals surface area (Å²) in [5, 5.41) is 3.85. The van der Waals surface area contributed by atoms with Crippen molar-refractivity contribution < 1.29 is 9.53 Å². The Labute approximate surface area is 148 Å². The molecule has 1 heterocycles. The van der Waals surface area contributed by atoms with Crippen LogP contribution in [-0.2, 0) is 0 Å². The number of rotatable bonds is 4. The number of hydrogen-bond donors (Lipinski definition) is 2. The number of amides is 1. The van der Waals surface area contributed by atoms with Gasteiger partial charge in [-0.1, -0.05) is 39.9 Å². The van der Waals surface area contributed by atoms with Crippen LogP contribution in [0.3, 0.4) is 0 Å². The molecular formula is C19H15BrN2O2. The van der Waals surface area contributed by atoms with Gasteiger partial charge in [-0.3, -0.25) is 4.79 Å². The standard InChI is InChI=1S/C19H15BrN2O2/c20-16-4-3-5-17(13-16)24-11-2-1-9-22-19(23)15-7-6-14-8-10-21-18(14)12-15/h3-8,10,12-13,21H,9,11H2,(H,22,23). The largest absolute Gasteiger partial charge is 0.481 e. The van der Waals surface area contributed by atoms with Crippen molar-refractivity contribution >= 4 is 32.7 Å². The van der Waals surface area contributed by atoms with Gasteiger partial charge in [0.2, 0.25) is 0 Å². The van der Waals surface area contributed by atoms with Crippen LogP contribution < -0.4 is 10.1 Å². The van der Waals surface area contributed by atoms with Crippen molar-refractivity contribution in [3.05, 3.63) is 64.8 Å². The monoisotopic (exact) mass is 382 g/mol. The van der Waals surface area contributed by atoms with Gasteiger partial charge >= 0.3 is 0 Å². The first-order chi connectivity index (χ1) is 11.7. The van der Waals surface area contributed by atoms with Crippen LogP contribution in [0.5, 0.6) is 5.75 Å². The molecule has 0 aliphatic rings. The second kappa shape index (κ2) is 7.71. The van der Waals surface area contributed by atoms with Gasteiger partial charge in [0.25, 0.3) is 5.91 Å². The lowest BCUT2D eigenvalue weighted by atomic mass is 10.1. The molecule has 24 heavy (non-hydrogen) atoms. The van der Waals surface area contributed by atoms with E-state index in [1.165, 1.54) is 0 Å². The van der Waals surface area contributed by atoms with Crippen LogP contribution in [0, 0.1) is 11.8 Å². The van der Waals surface area contributed by atoms with E-state index in [1.54, 1.807) is 6.07 Å². The Hall–Kier alpha value is -2.71. The molecule has 4 nitrogen and oxygen atoms in total. The van der Waals surface area contributed by atoms with Crippen molar-refractivity contribution in [1.82, 2.24) is 10.3 Å². The molecule has 0 atom stereocenters. The topological polar surface area (TPSA) is 54.1 Å². The van der Waals surface area contributed by atoms with Gasteiger partial charge in [-0.25, -0.2) is 0 Å². The first kappa shape index (κ1) is 16.2. The summed E-state index contributed by atoms with van der Waals surface area (Å²) in [7, 11) is 0. The van der Waals surface area contributed by atoms with Crippen LogP contribution >= 0.6 is 15.9 Å². The van der Waals surface area contributed by atoms with Crippen LogP contribution in [-0.4, -0.2) is 24.0 Å². The minimum Gasteiger partial charge on any atom is -0.481 e. The number of aromatic amines is 1. The normalized spacial score (nSPS) is 10.0. The maximum atomic E-state index is 12.1. The third-order valence-corrected chi connectivity index (χ3v) is 3.88. The number of H-pyrrole nitrogens is 1. The Morgan fingerprint density at radius 1 is 1.17 bits per heavy atom. The van der Waals surface area contributed by atoms with E-state index < -0.39 is 0 Å². The maximum absolute atomic E-state index is 12.1. The van der Waals surface area contributed by atoms with Gasteiger partial charge in [0, 0.05) is 21.7 Å². The fourth-order valence-corrected chi connectivity index (χ4v) is 2.58. The number of fused-ring (bicyclic) bond motifs is 1. The van der Waals surface area contributed by atoms with Gasteiger partial charge < -0.3 is 15.0 Å². The second-order valence-corrected chi connectivity index (χ2v) is 5.98. The Morgan fingerprint density at radius 2 is 2.08 bits per heavy atom. The fraction of sp³-hybridized carbons (Fsp3) is 0.105. The van der Waals surface area contributed by atoms with E-state index >= 15 is 0 Å². The number of ether oxygens (including phenoxy) is 1. The van der Waals surface area contributed by atoms with Gasteiger partial charge in [0.1, 0.15) is 12.4 Å². The van der Waals surface area contributed by atoms with E-state index in [9.17, 15) is 4.79 Å². The van der Waals surface area contributed by atoms with Gasteiger partial charge in [0.05, 0.1) is 6.54 Å². The van der Waals surface area contributed by atoms with E-state index in [2.05, 4.69) is 38.1 Å². The van der Waals surface area contributed by atoms with Crippen molar-refractivity contribution in [1.29, 1.82) is 0 Å². The number of benzene rings is 2. The van der Waals surface area contributed by atoms with Crippen molar-refractivity contribution in [2.24, 2.45) is 0 Å². The average molecular weight is 383 g/mol. The van der Waals surface area contributed by atoms with Gasteiger partial charge in [0.15, 0.2) is 0 Å². The molecule has 3 aromatic rings. The Morgan fingerprint density at radius 3 is 2.96 bits per heavy atom. The molecule has 0 saturated heterocycles. The molecule has 0 aliphatic carbocycles. The van der Waals surface area contributed by atoms with E-state index in [1.807, 2.05) is 48.7 Å². The van der Waals surface area contributed by atoms with Gasteiger partial charge in [-0.2, -0.15) is 0 Å². The molecule has 2 N–H and O–H groups in total. The first-order valence-electron chi connectivity index (χ1n) is 7.42. The quantitative estimate of drug-likeness (QED) is 0.675. The third-order valence-electron chi connectivity index (χ3n) is 3.39. The zero-order valence-corrected chi connectivity index (χ0v) is 14.4. The molecule has 3 rings (SSSR count). The Balaban J connectivity index is 1.47. The summed E-state index contributed by atoms with van der Waals surface area (Å²) < 4.78 is 6.46. The smallest absolute Gasteiger partial charge is 0.252 e. The van der Waals surface area contributed by atoms with E-state index in [0.717, 1.165) is 21.1 Å². The number of halogens is 1. The predicted octanol–water partition coefficient (Wildman–Crippen LogP) is 3.74. The summed E-state index contributed by atoms with van der Waals surface area (Å²) >= 11 is 3.38. The predicted molar refractivity (Wildman–Crippen MR) is 98.0 cm³/mol. The zero-order valence-electron chi connectivity index (χ0n) is 12.8. The number of nitrogens with one attached hydrogen (secondary N) is 2. The van der Waals surface area contributed by atoms with Crippen LogP contribution in [0.15, 0.2) is 59.2 Å². The molecule has 0 unspecified atom stereocenters. The number of carbonyl (C=O) groups excluding carboxylic acids is 1. The van der Waals surface area contributed by atoms with E-state index in [0.29, 0.717) is 5.56 Å². The lowest BCUT2D eigenvalue weighted by Gasteiger charge is -2.02. The Bertz CT molecular complexity index is 922. The lowest BCUT2D eigenvalue weighted by Crippen LogP contribution is -2.23. The summed E-state index contributed by atoms with van der Waals surface area (Å²) in [6.45, 7) is 0.560. The Kier molecular flexibility index (Phi) is 5.19. The van der Waals surface area contributed by atoms with Gasteiger partial charge in [-0.15, -0.1) is 0 Å². The molecule has 0 radical (unpaired) electrons. The number of aromatic nitrogens is 1. The highest BCUT2D eigenvalue weighted by molar-refractivity contribution is 9.10. The molecule has 0 bridgehead atoms. The zero-order chi connectivity index (χ0) is 16.8.